The fraction of sp³-hybridized carbons (Fsp3) is 0.375. The first kappa shape index (κ1) is 14.6. The summed E-state index contributed by atoms with van der Waals surface area (Å²) in [5.41, 5.74) is 0. The number of aromatic hydroxyl groups is 1. The fourth-order valence-electron chi connectivity index (χ4n) is 1.93. The number of benzene rings is 2. The van der Waals surface area contributed by atoms with Crippen LogP contribution >= 0.6 is 0 Å². The van der Waals surface area contributed by atoms with Crippen molar-refractivity contribution in [1.29, 1.82) is 0 Å². The molecule has 4 heteroatoms. The van der Waals surface area contributed by atoms with Gasteiger partial charge in [-0.1, -0.05) is 12.1 Å². The lowest BCUT2D eigenvalue weighted by atomic mass is 10.1. The molecule has 0 fully saturated rings. The van der Waals surface area contributed by atoms with Crippen molar-refractivity contribution in [3.05, 3.63) is 36.4 Å². The van der Waals surface area contributed by atoms with Gasteiger partial charge in [0, 0.05) is 20.3 Å². The van der Waals surface area contributed by atoms with Gasteiger partial charge in [-0.15, -0.1) is 0 Å². The van der Waals surface area contributed by atoms with Crippen LogP contribution in [0.3, 0.4) is 0 Å². The van der Waals surface area contributed by atoms with Crippen LogP contribution in [0.2, 0.25) is 0 Å². The normalized spacial score (nSPS) is 10.8. The summed E-state index contributed by atoms with van der Waals surface area (Å²) in [6.07, 6.45) is 0.895. The molecule has 0 saturated heterocycles. The molecule has 1 N–H and O–H groups in total. The number of fused-ring (bicyclic) bond motifs is 1. The third-order valence-corrected chi connectivity index (χ3v) is 2.93. The Kier molecular flexibility index (Phi) is 5.65. The van der Waals surface area contributed by atoms with Crippen LogP contribution in [0.5, 0.6) is 11.5 Å². The highest BCUT2D eigenvalue weighted by Gasteiger charge is 1.99. The zero-order chi connectivity index (χ0) is 14.2. The molecule has 0 saturated carbocycles. The summed E-state index contributed by atoms with van der Waals surface area (Å²) in [5, 5.41) is 11.5. The van der Waals surface area contributed by atoms with Gasteiger partial charge in [0.2, 0.25) is 0 Å². The third kappa shape index (κ3) is 4.40. The number of rotatable bonds is 8. The second kappa shape index (κ2) is 7.72. The van der Waals surface area contributed by atoms with Crippen LogP contribution in [0.1, 0.15) is 6.42 Å². The maximum Gasteiger partial charge on any atom is 0.120 e. The van der Waals surface area contributed by atoms with Crippen LogP contribution in [0, 0.1) is 0 Å². The van der Waals surface area contributed by atoms with Crippen molar-refractivity contribution in [1.82, 2.24) is 0 Å². The lowest BCUT2D eigenvalue weighted by Gasteiger charge is -2.08. The zero-order valence-corrected chi connectivity index (χ0v) is 11.7. The molecule has 0 spiro atoms. The molecule has 2 aromatic rings. The fourth-order valence-corrected chi connectivity index (χ4v) is 1.93. The van der Waals surface area contributed by atoms with E-state index >= 15 is 0 Å². The quantitative estimate of drug-likeness (QED) is 0.753. The largest absolute Gasteiger partial charge is 0.508 e. The van der Waals surface area contributed by atoms with Crippen molar-refractivity contribution in [3.8, 4) is 11.5 Å². The molecular weight excluding hydrogens is 256 g/mol. The molecule has 0 aliphatic carbocycles. The average molecular weight is 276 g/mol. The molecule has 0 aliphatic rings. The second-order valence-electron chi connectivity index (χ2n) is 4.50. The summed E-state index contributed by atoms with van der Waals surface area (Å²) in [5.74, 6) is 1.04. The first-order valence-corrected chi connectivity index (χ1v) is 6.72. The lowest BCUT2D eigenvalue weighted by molar-refractivity contribution is 0.0807. The standard InChI is InChI=1S/C16H20O4/c1-18-7-2-8-19-9-10-20-16-6-4-13-3-5-15(17)11-14(13)12-16/h3-6,11-12,17H,2,7-10H2,1H3. The van der Waals surface area contributed by atoms with E-state index in [1.807, 2.05) is 24.3 Å². The SMILES string of the molecule is COCCCOCCOc1ccc2ccc(O)cc2c1. The van der Waals surface area contributed by atoms with E-state index in [0.29, 0.717) is 19.8 Å². The van der Waals surface area contributed by atoms with E-state index in [1.54, 1.807) is 19.2 Å². The predicted molar refractivity (Wildman–Crippen MR) is 78.4 cm³/mol. The molecule has 0 bridgehead atoms. The monoisotopic (exact) mass is 276 g/mol. The van der Waals surface area contributed by atoms with Gasteiger partial charge in [0.05, 0.1) is 6.61 Å². The van der Waals surface area contributed by atoms with Crippen LogP contribution in [-0.4, -0.2) is 38.6 Å². The number of hydrogen-bond acceptors (Lipinski definition) is 4. The van der Waals surface area contributed by atoms with E-state index in [1.165, 1.54) is 0 Å². The Morgan fingerprint density at radius 3 is 2.60 bits per heavy atom. The Hall–Kier alpha value is -1.78. The Morgan fingerprint density at radius 1 is 0.900 bits per heavy atom. The topological polar surface area (TPSA) is 47.9 Å². The number of methoxy groups -OCH3 is 1. The highest BCUT2D eigenvalue weighted by Crippen LogP contribution is 2.24. The Bertz CT molecular complexity index is 539. The van der Waals surface area contributed by atoms with Gasteiger partial charge in [-0.2, -0.15) is 0 Å². The zero-order valence-electron chi connectivity index (χ0n) is 11.7. The van der Waals surface area contributed by atoms with Crippen molar-refractivity contribution in [2.24, 2.45) is 0 Å². The molecule has 108 valence electrons. The average Bonchev–Trinajstić information content (AvgIpc) is 2.46. The summed E-state index contributed by atoms with van der Waals surface area (Å²) in [6.45, 7) is 2.47. The van der Waals surface area contributed by atoms with Crippen LogP contribution in [0.25, 0.3) is 10.8 Å². The minimum Gasteiger partial charge on any atom is -0.508 e. The van der Waals surface area contributed by atoms with Crippen LogP contribution in [-0.2, 0) is 9.47 Å². The first-order chi connectivity index (χ1) is 9.79. The van der Waals surface area contributed by atoms with E-state index in [-0.39, 0.29) is 5.75 Å². The van der Waals surface area contributed by atoms with Gasteiger partial charge < -0.3 is 19.3 Å². The van der Waals surface area contributed by atoms with Gasteiger partial charge in [0.1, 0.15) is 18.1 Å². The van der Waals surface area contributed by atoms with Gasteiger partial charge in [-0.3, -0.25) is 0 Å². The van der Waals surface area contributed by atoms with E-state index < -0.39 is 0 Å². The number of hydrogen-bond donors (Lipinski definition) is 1. The Balaban J connectivity index is 1.78. The summed E-state index contributed by atoms with van der Waals surface area (Å²) >= 11 is 0. The minimum atomic E-state index is 0.260. The summed E-state index contributed by atoms with van der Waals surface area (Å²) in [7, 11) is 1.68. The van der Waals surface area contributed by atoms with E-state index in [9.17, 15) is 5.11 Å². The highest BCUT2D eigenvalue weighted by atomic mass is 16.5. The maximum absolute atomic E-state index is 9.47. The molecule has 0 heterocycles. The van der Waals surface area contributed by atoms with Crippen molar-refractivity contribution >= 4 is 10.8 Å². The van der Waals surface area contributed by atoms with E-state index in [0.717, 1.165) is 29.5 Å². The van der Waals surface area contributed by atoms with Gasteiger partial charge in [0.25, 0.3) is 0 Å². The molecule has 0 aliphatic heterocycles. The molecule has 0 radical (unpaired) electrons. The van der Waals surface area contributed by atoms with Crippen LogP contribution in [0.4, 0.5) is 0 Å². The smallest absolute Gasteiger partial charge is 0.120 e. The molecule has 0 atom stereocenters. The van der Waals surface area contributed by atoms with Crippen molar-refractivity contribution < 1.29 is 19.3 Å². The molecule has 2 rings (SSSR count). The van der Waals surface area contributed by atoms with Crippen molar-refractivity contribution in [2.45, 2.75) is 6.42 Å². The second-order valence-corrected chi connectivity index (χ2v) is 4.50. The lowest BCUT2D eigenvalue weighted by Crippen LogP contribution is -2.08. The minimum absolute atomic E-state index is 0.260. The molecular formula is C16H20O4. The van der Waals surface area contributed by atoms with Crippen molar-refractivity contribution in [2.75, 3.05) is 33.5 Å². The van der Waals surface area contributed by atoms with E-state index in [2.05, 4.69) is 0 Å². The Labute approximate surface area is 118 Å². The van der Waals surface area contributed by atoms with Crippen LogP contribution < -0.4 is 4.74 Å². The number of ether oxygens (including phenoxy) is 3. The molecule has 4 nitrogen and oxygen atoms in total. The van der Waals surface area contributed by atoms with Crippen molar-refractivity contribution in [3.63, 3.8) is 0 Å². The van der Waals surface area contributed by atoms with Gasteiger partial charge in [-0.25, -0.2) is 0 Å². The summed E-state index contributed by atoms with van der Waals surface area (Å²) in [4.78, 5) is 0. The van der Waals surface area contributed by atoms with Gasteiger partial charge in [0.15, 0.2) is 0 Å². The predicted octanol–water partition coefficient (Wildman–Crippen LogP) is 2.98. The molecule has 20 heavy (non-hydrogen) atoms. The van der Waals surface area contributed by atoms with Gasteiger partial charge in [-0.05, 0) is 41.5 Å². The number of phenols is 1. The van der Waals surface area contributed by atoms with Crippen LogP contribution in [0.15, 0.2) is 36.4 Å². The van der Waals surface area contributed by atoms with Gasteiger partial charge >= 0.3 is 0 Å². The summed E-state index contributed by atoms with van der Waals surface area (Å²) in [6, 6.07) is 11.1. The maximum atomic E-state index is 9.47. The molecule has 0 amide bonds. The third-order valence-electron chi connectivity index (χ3n) is 2.93. The van der Waals surface area contributed by atoms with E-state index in [4.69, 9.17) is 14.2 Å². The number of phenolic OH excluding ortho intramolecular Hbond substituents is 1. The molecule has 2 aromatic carbocycles. The first-order valence-electron chi connectivity index (χ1n) is 6.72. The molecule has 0 unspecified atom stereocenters. The highest BCUT2D eigenvalue weighted by molar-refractivity contribution is 5.85. The molecule has 0 aromatic heterocycles. The summed E-state index contributed by atoms with van der Waals surface area (Å²) < 4.78 is 16.0. The Morgan fingerprint density at radius 2 is 1.75 bits per heavy atom.